The maximum atomic E-state index is 12.6. The molecule has 1 amide bonds. The summed E-state index contributed by atoms with van der Waals surface area (Å²) in [7, 11) is 0. The van der Waals surface area contributed by atoms with Crippen LogP contribution in [0.25, 0.3) is 0 Å². The molecular weight excluding hydrogens is 320 g/mol. The summed E-state index contributed by atoms with van der Waals surface area (Å²) >= 11 is 0. The number of carbonyl (C=O) groups excluding carboxylic acids is 1. The van der Waals surface area contributed by atoms with E-state index in [1.807, 2.05) is 31.2 Å². The molecule has 0 atom stereocenters. The summed E-state index contributed by atoms with van der Waals surface area (Å²) in [6.45, 7) is 2.60. The highest BCUT2D eigenvalue weighted by molar-refractivity contribution is 6.54. The van der Waals surface area contributed by atoms with E-state index in [9.17, 15) is 14.9 Å². The highest BCUT2D eigenvalue weighted by atomic mass is 16.6. The van der Waals surface area contributed by atoms with E-state index in [0.29, 0.717) is 12.1 Å². The number of para-hydroxylation sites is 2. The molecule has 0 spiro atoms. The first kappa shape index (κ1) is 16.5. The third-order valence-electron chi connectivity index (χ3n) is 3.83. The van der Waals surface area contributed by atoms with Crippen LogP contribution in [-0.4, -0.2) is 29.3 Å². The zero-order valence-corrected chi connectivity index (χ0v) is 13.6. The van der Waals surface area contributed by atoms with Gasteiger partial charge in [-0.2, -0.15) is 5.10 Å². The number of benzene rings is 2. The van der Waals surface area contributed by atoms with Gasteiger partial charge in [0, 0.05) is 18.2 Å². The number of nitro groups is 1. The molecule has 0 aromatic heterocycles. The summed E-state index contributed by atoms with van der Waals surface area (Å²) in [5, 5.41) is 19.0. The first-order valence-electron chi connectivity index (χ1n) is 7.89. The van der Waals surface area contributed by atoms with Crippen LogP contribution < -0.4 is 4.90 Å². The van der Waals surface area contributed by atoms with E-state index in [1.54, 1.807) is 23.1 Å². The van der Waals surface area contributed by atoms with Gasteiger partial charge in [-0.05, 0) is 18.6 Å². The molecule has 7 nitrogen and oxygen atoms in total. The van der Waals surface area contributed by atoms with E-state index in [1.165, 1.54) is 12.3 Å². The smallest absolute Gasteiger partial charge is 0.279 e. The quantitative estimate of drug-likeness (QED) is 0.477. The van der Waals surface area contributed by atoms with Crippen molar-refractivity contribution in [2.45, 2.75) is 13.3 Å². The molecular formula is C18H16N4O3. The Bertz CT molecular complexity index is 889. The van der Waals surface area contributed by atoms with E-state index >= 15 is 0 Å². The van der Waals surface area contributed by atoms with Crippen molar-refractivity contribution in [3.05, 3.63) is 69.8 Å². The Morgan fingerprint density at radius 1 is 1.16 bits per heavy atom. The lowest BCUT2D eigenvalue weighted by Gasteiger charge is -2.14. The van der Waals surface area contributed by atoms with Crippen LogP contribution in [0.5, 0.6) is 0 Å². The molecule has 0 saturated carbocycles. The lowest BCUT2D eigenvalue weighted by molar-refractivity contribution is -0.385. The van der Waals surface area contributed by atoms with Gasteiger partial charge in [0.25, 0.3) is 11.6 Å². The fourth-order valence-corrected chi connectivity index (χ4v) is 2.72. The van der Waals surface area contributed by atoms with E-state index in [0.717, 1.165) is 17.7 Å². The molecule has 0 saturated heterocycles. The molecule has 0 radical (unpaired) electrons. The van der Waals surface area contributed by atoms with Gasteiger partial charge in [0.2, 0.25) is 0 Å². The highest BCUT2D eigenvalue weighted by Crippen LogP contribution is 2.29. The van der Waals surface area contributed by atoms with E-state index < -0.39 is 4.92 Å². The summed E-state index contributed by atoms with van der Waals surface area (Å²) in [5.41, 5.74) is 2.06. The SMILES string of the molecule is CCCN1C(=O)/C(=N/N=C\c2ccccc2[N+](=O)[O-])c2ccccc21. The standard InChI is InChI=1S/C18H16N4O3/c1-2-11-21-16-10-6-4-8-14(16)17(18(21)23)20-19-12-13-7-3-5-9-15(13)22(24)25/h3-10,12H,2,11H2,1H3/b19-12-,20-17+. The molecule has 2 aromatic rings. The van der Waals surface area contributed by atoms with Crippen LogP contribution in [0.4, 0.5) is 11.4 Å². The molecule has 1 heterocycles. The molecule has 126 valence electrons. The molecule has 3 rings (SSSR count). The number of amides is 1. The van der Waals surface area contributed by atoms with Crippen molar-refractivity contribution in [3.63, 3.8) is 0 Å². The lowest BCUT2D eigenvalue weighted by atomic mass is 10.1. The molecule has 2 aromatic carbocycles. The molecule has 0 aliphatic carbocycles. The molecule has 25 heavy (non-hydrogen) atoms. The number of carbonyl (C=O) groups is 1. The molecule has 0 bridgehead atoms. The summed E-state index contributed by atoms with van der Waals surface area (Å²) in [5.74, 6) is -0.206. The maximum absolute atomic E-state index is 12.6. The van der Waals surface area contributed by atoms with Gasteiger partial charge in [0.15, 0.2) is 5.71 Å². The number of anilines is 1. The van der Waals surface area contributed by atoms with Crippen LogP contribution in [0, 0.1) is 10.1 Å². The molecule has 0 N–H and O–H groups in total. The predicted molar refractivity (Wildman–Crippen MR) is 96.3 cm³/mol. The Morgan fingerprint density at radius 2 is 1.88 bits per heavy atom. The van der Waals surface area contributed by atoms with Gasteiger partial charge in [-0.3, -0.25) is 14.9 Å². The normalized spacial score (nSPS) is 15.2. The van der Waals surface area contributed by atoms with Crippen LogP contribution in [0.3, 0.4) is 0 Å². The first-order valence-corrected chi connectivity index (χ1v) is 7.89. The molecule has 0 unspecified atom stereocenters. The van der Waals surface area contributed by atoms with Crippen molar-refractivity contribution in [2.24, 2.45) is 10.2 Å². The number of hydrogen-bond acceptors (Lipinski definition) is 5. The first-order chi connectivity index (χ1) is 12.1. The number of nitrogens with zero attached hydrogens (tertiary/aromatic N) is 4. The van der Waals surface area contributed by atoms with Gasteiger partial charge in [0.05, 0.1) is 22.4 Å². The minimum absolute atomic E-state index is 0.0581. The predicted octanol–water partition coefficient (Wildman–Crippen LogP) is 3.17. The lowest BCUT2D eigenvalue weighted by Crippen LogP contribution is -2.30. The van der Waals surface area contributed by atoms with Crippen LogP contribution in [0.1, 0.15) is 24.5 Å². The summed E-state index contributed by atoms with van der Waals surface area (Å²) in [4.78, 5) is 24.8. The summed E-state index contributed by atoms with van der Waals surface area (Å²) in [6.07, 6.45) is 2.12. The summed E-state index contributed by atoms with van der Waals surface area (Å²) in [6, 6.07) is 13.6. The second-order valence-electron chi connectivity index (χ2n) is 5.48. The van der Waals surface area contributed by atoms with Gasteiger partial charge >= 0.3 is 0 Å². The Kier molecular flexibility index (Phi) is 4.65. The van der Waals surface area contributed by atoms with E-state index in [2.05, 4.69) is 10.2 Å². The monoisotopic (exact) mass is 336 g/mol. The van der Waals surface area contributed by atoms with Gasteiger partial charge in [0.1, 0.15) is 0 Å². The summed E-state index contributed by atoms with van der Waals surface area (Å²) < 4.78 is 0. The number of hydrogen-bond donors (Lipinski definition) is 0. The Morgan fingerprint density at radius 3 is 2.64 bits per heavy atom. The fraction of sp³-hybridized carbons (Fsp3) is 0.167. The zero-order chi connectivity index (χ0) is 17.8. The average molecular weight is 336 g/mol. The minimum Gasteiger partial charge on any atom is -0.306 e. The zero-order valence-electron chi connectivity index (χ0n) is 13.6. The Hall–Kier alpha value is -3.35. The maximum Gasteiger partial charge on any atom is 0.279 e. The van der Waals surface area contributed by atoms with Gasteiger partial charge < -0.3 is 4.90 Å². The Labute approximate surface area is 144 Å². The van der Waals surface area contributed by atoms with Crippen LogP contribution in [-0.2, 0) is 4.79 Å². The fourth-order valence-electron chi connectivity index (χ4n) is 2.72. The van der Waals surface area contributed by atoms with Crippen LogP contribution >= 0.6 is 0 Å². The van der Waals surface area contributed by atoms with Crippen molar-refractivity contribution in [3.8, 4) is 0 Å². The van der Waals surface area contributed by atoms with Gasteiger partial charge in [-0.1, -0.05) is 37.3 Å². The van der Waals surface area contributed by atoms with Crippen molar-refractivity contribution in [1.29, 1.82) is 0 Å². The van der Waals surface area contributed by atoms with Gasteiger partial charge in [-0.25, -0.2) is 0 Å². The second-order valence-corrected chi connectivity index (χ2v) is 5.48. The number of fused-ring (bicyclic) bond motifs is 1. The number of nitro benzene ring substituents is 1. The topological polar surface area (TPSA) is 88.2 Å². The minimum atomic E-state index is -0.479. The van der Waals surface area contributed by atoms with Crippen molar-refractivity contribution >= 4 is 29.2 Å². The van der Waals surface area contributed by atoms with E-state index in [4.69, 9.17) is 0 Å². The highest BCUT2D eigenvalue weighted by Gasteiger charge is 2.33. The largest absolute Gasteiger partial charge is 0.306 e. The van der Waals surface area contributed by atoms with Crippen molar-refractivity contribution in [2.75, 3.05) is 11.4 Å². The second kappa shape index (κ2) is 7.04. The molecule has 1 aliphatic rings. The Balaban J connectivity index is 1.94. The molecule has 1 aliphatic heterocycles. The average Bonchev–Trinajstić information content (AvgIpc) is 2.88. The van der Waals surface area contributed by atoms with Gasteiger partial charge in [-0.15, -0.1) is 5.10 Å². The third kappa shape index (κ3) is 3.16. The molecule has 7 heteroatoms. The van der Waals surface area contributed by atoms with Crippen LogP contribution in [0.2, 0.25) is 0 Å². The van der Waals surface area contributed by atoms with Crippen molar-refractivity contribution < 1.29 is 9.72 Å². The number of rotatable bonds is 5. The molecule has 0 fully saturated rings. The van der Waals surface area contributed by atoms with E-state index in [-0.39, 0.29) is 17.3 Å². The third-order valence-corrected chi connectivity index (χ3v) is 3.83. The van der Waals surface area contributed by atoms with Crippen molar-refractivity contribution in [1.82, 2.24) is 0 Å². The van der Waals surface area contributed by atoms with Crippen LogP contribution in [0.15, 0.2) is 58.7 Å².